The number of rotatable bonds is 6. The fraction of sp³-hybridized carbons (Fsp3) is 0.250. The second-order valence-corrected chi connectivity index (χ2v) is 3.92. The van der Waals surface area contributed by atoms with Crippen LogP contribution in [-0.4, -0.2) is 43.9 Å². The summed E-state index contributed by atoms with van der Waals surface area (Å²) in [5.74, 6) is -0.486. The molecular formula is C12H13N3O4. The van der Waals surface area contributed by atoms with Gasteiger partial charge in [-0.25, -0.2) is 9.48 Å². The third-order valence-electron chi connectivity index (χ3n) is 2.41. The van der Waals surface area contributed by atoms with Gasteiger partial charge < -0.3 is 14.9 Å². The van der Waals surface area contributed by atoms with Crippen LogP contribution in [0.2, 0.25) is 0 Å². The Labute approximate surface area is 109 Å². The number of hydrogen-bond acceptors (Lipinski definition) is 5. The number of aliphatic hydroxyl groups is 1. The first-order valence-electron chi connectivity index (χ1n) is 5.63. The molecule has 1 unspecified atom stereocenters. The van der Waals surface area contributed by atoms with E-state index >= 15 is 0 Å². The Morgan fingerprint density at radius 3 is 2.68 bits per heavy atom. The van der Waals surface area contributed by atoms with Gasteiger partial charge in [-0.3, -0.25) is 0 Å². The Hall–Kier alpha value is -2.41. The second-order valence-electron chi connectivity index (χ2n) is 3.92. The average molecular weight is 263 g/mol. The Balaban J connectivity index is 1.83. The van der Waals surface area contributed by atoms with Gasteiger partial charge >= 0.3 is 5.97 Å². The minimum absolute atomic E-state index is 0.0896. The first kappa shape index (κ1) is 13.0. The van der Waals surface area contributed by atoms with E-state index in [2.05, 4.69) is 10.3 Å². The van der Waals surface area contributed by atoms with E-state index in [1.54, 1.807) is 18.3 Å². The van der Waals surface area contributed by atoms with Crippen LogP contribution in [0.5, 0.6) is 5.75 Å². The molecule has 1 aromatic carbocycles. The maximum absolute atomic E-state index is 10.7. The summed E-state index contributed by atoms with van der Waals surface area (Å²) in [5.41, 5.74) is 0.190. The molecule has 2 aromatic rings. The molecule has 0 radical (unpaired) electrons. The first-order valence-corrected chi connectivity index (χ1v) is 5.63. The summed E-state index contributed by atoms with van der Waals surface area (Å²) in [6.07, 6.45) is 2.45. The van der Waals surface area contributed by atoms with Gasteiger partial charge in [-0.05, 0) is 24.3 Å². The molecule has 0 amide bonds. The molecule has 1 aromatic heterocycles. The number of nitrogens with zero attached hydrogens (tertiary/aromatic N) is 3. The molecular weight excluding hydrogens is 250 g/mol. The van der Waals surface area contributed by atoms with Crippen LogP contribution in [-0.2, 0) is 6.54 Å². The fourth-order valence-electron chi connectivity index (χ4n) is 1.48. The van der Waals surface area contributed by atoms with E-state index in [1.807, 2.05) is 0 Å². The zero-order chi connectivity index (χ0) is 13.7. The van der Waals surface area contributed by atoms with E-state index in [1.165, 1.54) is 23.0 Å². The van der Waals surface area contributed by atoms with Crippen LogP contribution in [0.4, 0.5) is 0 Å². The van der Waals surface area contributed by atoms with Crippen LogP contribution in [0.1, 0.15) is 10.4 Å². The molecule has 0 saturated heterocycles. The van der Waals surface area contributed by atoms with Crippen molar-refractivity contribution in [1.82, 2.24) is 15.0 Å². The molecule has 0 spiro atoms. The van der Waals surface area contributed by atoms with Crippen LogP contribution < -0.4 is 4.74 Å². The molecule has 0 bridgehead atoms. The van der Waals surface area contributed by atoms with Crippen molar-refractivity contribution < 1.29 is 19.7 Å². The third kappa shape index (κ3) is 3.78. The lowest BCUT2D eigenvalue weighted by Crippen LogP contribution is -2.23. The van der Waals surface area contributed by atoms with Gasteiger partial charge in [-0.2, -0.15) is 0 Å². The quantitative estimate of drug-likeness (QED) is 0.783. The van der Waals surface area contributed by atoms with E-state index < -0.39 is 12.1 Å². The minimum atomic E-state index is -0.988. The van der Waals surface area contributed by atoms with Crippen molar-refractivity contribution in [3.63, 3.8) is 0 Å². The van der Waals surface area contributed by atoms with Crippen molar-refractivity contribution >= 4 is 5.97 Å². The van der Waals surface area contributed by atoms with E-state index in [9.17, 15) is 9.90 Å². The number of aromatic carboxylic acids is 1. The Bertz CT molecular complexity index is 524. The first-order chi connectivity index (χ1) is 9.15. The van der Waals surface area contributed by atoms with Crippen molar-refractivity contribution in [1.29, 1.82) is 0 Å². The predicted molar refractivity (Wildman–Crippen MR) is 64.9 cm³/mol. The lowest BCUT2D eigenvalue weighted by molar-refractivity contribution is 0.0696. The summed E-state index contributed by atoms with van der Waals surface area (Å²) in [6.45, 7) is 0.374. The van der Waals surface area contributed by atoms with Crippen LogP contribution in [0.3, 0.4) is 0 Å². The number of aliphatic hydroxyl groups excluding tert-OH is 1. The van der Waals surface area contributed by atoms with E-state index in [0.29, 0.717) is 5.75 Å². The van der Waals surface area contributed by atoms with Crippen molar-refractivity contribution in [2.24, 2.45) is 0 Å². The lowest BCUT2D eigenvalue weighted by Gasteiger charge is -2.12. The molecule has 0 aliphatic rings. The van der Waals surface area contributed by atoms with Crippen molar-refractivity contribution in [2.45, 2.75) is 12.6 Å². The van der Waals surface area contributed by atoms with Gasteiger partial charge in [0.05, 0.1) is 18.3 Å². The van der Waals surface area contributed by atoms with E-state index in [4.69, 9.17) is 9.84 Å². The topological polar surface area (TPSA) is 97.5 Å². The number of carbonyl (C=O) groups is 1. The van der Waals surface area contributed by atoms with Gasteiger partial charge in [-0.1, -0.05) is 5.21 Å². The summed E-state index contributed by atoms with van der Waals surface area (Å²) in [5, 5.41) is 25.8. The normalized spacial score (nSPS) is 12.1. The molecule has 1 atom stereocenters. The van der Waals surface area contributed by atoms with Gasteiger partial charge in [-0.15, -0.1) is 5.10 Å². The predicted octanol–water partition coefficient (Wildman–Crippen LogP) is 0.416. The highest BCUT2D eigenvalue weighted by Crippen LogP contribution is 2.12. The fourth-order valence-corrected chi connectivity index (χ4v) is 1.48. The summed E-state index contributed by atoms with van der Waals surface area (Å²) >= 11 is 0. The molecule has 0 fully saturated rings. The summed E-state index contributed by atoms with van der Waals surface area (Å²) in [7, 11) is 0. The minimum Gasteiger partial charge on any atom is -0.491 e. The Kier molecular flexibility index (Phi) is 4.09. The number of ether oxygens (including phenoxy) is 1. The molecule has 0 aliphatic heterocycles. The Morgan fingerprint density at radius 2 is 2.11 bits per heavy atom. The summed E-state index contributed by atoms with van der Waals surface area (Å²) in [4.78, 5) is 10.7. The maximum atomic E-state index is 10.7. The number of aromatic nitrogens is 3. The van der Waals surface area contributed by atoms with Crippen molar-refractivity contribution in [3.05, 3.63) is 42.2 Å². The molecule has 2 N–H and O–H groups in total. The molecule has 2 rings (SSSR count). The molecule has 7 heteroatoms. The standard InChI is InChI=1S/C12H13N3O4/c16-10(7-15-6-5-13-14-15)8-19-11-3-1-9(2-4-11)12(17)18/h1-6,10,16H,7-8H2,(H,17,18). The third-order valence-corrected chi connectivity index (χ3v) is 2.41. The van der Waals surface area contributed by atoms with Crippen LogP contribution in [0.15, 0.2) is 36.7 Å². The smallest absolute Gasteiger partial charge is 0.335 e. The lowest BCUT2D eigenvalue weighted by atomic mass is 10.2. The van der Waals surface area contributed by atoms with Gasteiger partial charge in [0.15, 0.2) is 0 Å². The molecule has 1 heterocycles. The number of benzene rings is 1. The molecule has 7 nitrogen and oxygen atoms in total. The number of carboxylic acids is 1. The molecule has 0 saturated carbocycles. The van der Waals surface area contributed by atoms with Gasteiger partial charge in [0.25, 0.3) is 0 Å². The highest BCUT2D eigenvalue weighted by Gasteiger charge is 2.07. The SMILES string of the molecule is O=C(O)c1ccc(OCC(O)Cn2ccnn2)cc1. The highest BCUT2D eigenvalue weighted by atomic mass is 16.5. The zero-order valence-corrected chi connectivity index (χ0v) is 10.0. The Morgan fingerprint density at radius 1 is 1.37 bits per heavy atom. The largest absolute Gasteiger partial charge is 0.491 e. The zero-order valence-electron chi connectivity index (χ0n) is 10.0. The van der Waals surface area contributed by atoms with E-state index in [0.717, 1.165) is 0 Å². The van der Waals surface area contributed by atoms with Gasteiger partial charge in [0, 0.05) is 6.20 Å². The number of carboxylic acid groups (broad SMARTS) is 1. The van der Waals surface area contributed by atoms with Crippen LogP contribution >= 0.6 is 0 Å². The van der Waals surface area contributed by atoms with Crippen molar-refractivity contribution in [2.75, 3.05) is 6.61 Å². The highest BCUT2D eigenvalue weighted by molar-refractivity contribution is 5.87. The molecule has 100 valence electrons. The average Bonchev–Trinajstić information content (AvgIpc) is 2.89. The monoisotopic (exact) mass is 263 g/mol. The van der Waals surface area contributed by atoms with Crippen molar-refractivity contribution in [3.8, 4) is 5.75 Å². The summed E-state index contributed by atoms with van der Waals surface area (Å²) in [6, 6.07) is 5.99. The van der Waals surface area contributed by atoms with E-state index in [-0.39, 0.29) is 18.7 Å². The van der Waals surface area contributed by atoms with Crippen LogP contribution in [0.25, 0.3) is 0 Å². The number of hydrogen-bond donors (Lipinski definition) is 2. The molecule has 19 heavy (non-hydrogen) atoms. The van der Waals surface area contributed by atoms with Crippen LogP contribution in [0, 0.1) is 0 Å². The molecule has 0 aliphatic carbocycles. The van der Waals surface area contributed by atoms with Gasteiger partial charge in [0.1, 0.15) is 18.5 Å². The second kappa shape index (κ2) is 5.96. The summed E-state index contributed by atoms with van der Waals surface area (Å²) < 4.78 is 6.85. The van der Waals surface area contributed by atoms with Gasteiger partial charge in [0.2, 0.25) is 0 Å². The maximum Gasteiger partial charge on any atom is 0.335 e.